The number of hydrogen-bond acceptors (Lipinski definition) is 1. The molecule has 1 atom stereocenters. The highest BCUT2D eigenvalue weighted by Crippen LogP contribution is 2.15. The smallest absolute Gasteiger partial charge is 0.162 e. The van der Waals surface area contributed by atoms with Gasteiger partial charge < -0.3 is 5.32 Å². The van der Waals surface area contributed by atoms with Crippen LogP contribution in [0.5, 0.6) is 0 Å². The van der Waals surface area contributed by atoms with Crippen LogP contribution in [-0.4, -0.2) is 12.6 Å². The van der Waals surface area contributed by atoms with Crippen LogP contribution < -0.4 is 5.32 Å². The van der Waals surface area contributed by atoms with Gasteiger partial charge in [-0.05, 0) is 37.4 Å². The fourth-order valence-corrected chi connectivity index (χ4v) is 1.85. The molecule has 0 bridgehead atoms. The number of terminal acetylenes is 1. The first kappa shape index (κ1) is 14.7. The van der Waals surface area contributed by atoms with Crippen molar-refractivity contribution in [3.8, 4) is 12.3 Å². The molecule has 0 amide bonds. The van der Waals surface area contributed by atoms with Crippen molar-refractivity contribution in [2.45, 2.75) is 38.6 Å². The lowest BCUT2D eigenvalue weighted by Gasteiger charge is -2.18. The molecule has 1 N–H and O–H groups in total. The third-order valence-electron chi connectivity index (χ3n) is 2.82. The minimum Gasteiger partial charge on any atom is -0.314 e. The Balaban J connectivity index is 2.69. The van der Waals surface area contributed by atoms with Crippen LogP contribution in [0, 0.1) is 24.0 Å². The lowest BCUT2D eigenvalue weighted by Crippen LogP contribution is -2.32. The van der Waals surface area contributed by atoms with Crippen molar-refractivity contribution >= 4 is 0 Å². The van der Waals surface area contributed by atoms with Gasteiger partial charge in [-0.15, -0.1) is 12.3 Å². The second-order valence-electron chi connectivity index (χ2n) is 4.31. The third-order valence-corrected chi connectivity index (χ3v) is 2.82. The first-order chi connectivity index (χ1) is 8.69. The zero-order valence-corrected chi connectivity index (χ0v) is 10.7. The van der Waals surface area contributed by atoms with Gasteiger partial charge in [-0.1, -0.05) is 19.1 Å². The SMILES string of the molecule is C#CCCC(Cc1cccc(F)c1F)NCCC. The Morgan fingerprint density at radius 2 is 2.17 bits per heavy atom. The van der Waals surface area contributed by atoms with Crippen LogP contribution in [-0.2, 0) is 6.42 Å². The lowest BCUT2D eigenvalue weighted by atomic mass is 10.0. The predicted molar refractivity (Wildman–Crippen MR) is 70.2 cm³/mol. The fourth-order valence-electron chi connectivity index (χ4n) is 1.85. The Morgan fingerprint density at radius 1 is 1.39 bits per heavy atom. The molecular weight excluding hydrogens is 232 g/mol. The highest BCUT2D eigenvalue weighted by atomic mass is 19.2. The van der Waals surface area contributed by atoms with E-state index in [9.17, 15) is 8.78 Å². The Kier molecular flexibility index (Phi) is 6.38. The first-order valence-electron chi connectivity index (χ1n) is 6.28. The van der Waals surface area contributed by atoms with E-state index in [1.54, 1.807) is 6.07 Å². The molecule has 0 aliphatic carbocycles. The highest BCUT2D eigenvalue weighted by Gasteiger charge is 2.13. The number of nitrogens with one attached hydrogen (secondary N) is 1. The molecule has 18 heavy (non-hydrogen) atoms. The van der Waals surface area contributed by atoms with Gasteiger partial charge in [-0.3, -0.25) is 0 Å². The molecular formula is C15H19F2N. The van der Waals surface area contributed by atoms with Crippen molar-refractivity contribution in [2.24, 2.45) is 0 Å². The summed E-state index contributed by atoms with van der Waals surface area (Å²) < 4.78 is 26.7. The summed E-state index contributed by atoms with van der Waals surface area (Å²) in [5, 5.41) is 3.31. The lowest BCUT2D eigenvalue weighted by molar-refractivity contribution is 0.457. The summed E-state index contributed by atoms with van der Waals surface area (Å²) in [6.07, 6.45) is 8.11. The monoisotopic (exact) mass is 251 g/mol. The maximum Gasteiger partial charge on any atom is 0.162 e. The Labute approximate surface area is 108 Å². The molecule has 0 aliphatic rings. The summed E-state index contributed by atoms with van der Waals surface area (Å²) >= 11 is 0. The van der Waals surface area contributed by atoms with E-state index >= 15 is 0 Å². The van der Waals surface area contributed by atoms with Gasteiger partial charge in [0.15, 0.2) is 11.6 Å². The minimum absolute atomic E-state index is 0.0947. The number of benzene rings is 1. The average Bonchev–Trinajstić information content (AvgIpc) is 2.38. The van der Waals surface area contributed by atoms with E-state index in [2.05, 4.69) is 18.2 Å². The van der Waals surface area contributed by atoms with E-state index in [0.717, 1.165) is 25.5 Å². The molecule has 0 aromatic heterocycles. The van der Waals surface area contributed by atoms with Crippen molar-refractivity contribution in [1.29, 1.82) is 0 Å². The van der Waals surface area contributed by atoms with Gasteiger partial charge in [0.2, 0.25) is 0 Å². The summed E-state index contributed by atoms with van der Waals surface area (Å²) in [7, 11) is 0. The molecule has 1 rings (SSSR count). The van der Waals surface area contributed by atoms with Gasteiger partial charge >= 0.3 is 0 Å². The third kappa shape index (κ3) is 4.46. The van der Waals surface area contributed by atoms with Crippen LogP contribution in [0.1, 0.15) is 31.7 Å². The maximum atomic E-state index is 13.6. The summed E-state index contributed by atoms with van der Waals surface area (Å²) in [6, 6.07) is 4.38. The number of rotatable bonds is 7. The summed E-state index contributed by atoms with van der Waals surface area (Å²) in [5.41, 5.74) is 0.403. The Bertz CT molecular complexity index is 409. The average molecular weight is 251 g/mol. The molecule has 1 unspecified atom stereocenters. The molecule has 0 saturated carbocycles. The van der Waals surface area contributed by atoms with Gasteiger partial charge in [0.1, 0.15) is 0 Å². The van der Waals surface area contributed by atoms with Crippen molar-refractivity contribution in [2.75, 3.05) is 6.54 Å². The van der Waals surface area contributed by atoms with Crippen LogP contribution in [0.25, 0.3) is 0 Å². The Morgan fingerprint density at radius 3 is 2.83 bits per heavy atom. The molecule has 98 valence electrons. The fraction of sp³-hybridized carbons (Fsp3) is 0.467. The normalized spacial score (nSPS) is 12.1. The van der Waals surface area contributed by atoms with Gasteiger partial charge in [-0.25, -0.2) is 8.78 Å². The van der Waals surface area contributed by atoms with Gasteiger partial charge in [0.25, 0.3) is 0 Å². The van der Waals surface area contributed by atoms with Crippen molar-refractivity contribution in [3.05, 3.63) is 35.4 Å². The van der Waals surface area contributed by atoms with Gasteiger partial charge in [-0.2, -0.15) is 0 Å². The first-order valence-corrected chi connectivity index (χ1v) is 6.28. The van der Waals surface area contributed by atoms with Crippen LogP contribution in [0.4, 0.5) is 8.78 Å². The summed E-state index contributed by atoms with van der Waals surface area (Å²) in [4.78, 5) is 0. The van der Waals surface area contributed by atoms with E-state index in [4.69, 9.17) is 6.42 Å². The maximum absolute atomic E-state index is 13.6. The zero-order valence-electron chi connectivity index (χ0n) is 10.7. The Hall–Kier alpha value is -1.40. The molecule has 1 nitrogen and oxygen atoms in total. The second kappa shape index (κ2) is 7.84. The molecule has 0 heterocycles. The quantitative estimate of drug-likeness (QED) is 0.733. The second-order valence-corrected chi connectivity index (χ2v) is 4.31. The van der Waals surface area contributed by atoms with Crippen molar-refractivity contribution in [1.82, 2.24) is 5.32 Å². The van der Waals surface area contributed by atoms with Crippen LogP contribution in [0.3, 0.4) is 0 Å². The van der Waals surface area contributed by atoms with Crippen LogP contribution >= 0.6 is 0 Å². The molecule has 0 saturated heterocycles. The highest BCUT2D eigenvalue weighted by molar-refractivity contribution is 5.20. The van der Waals surface area contributed by atoms with Crippen LogP contribution in [0.2, 0.25) is 0 Å². The van der Waals surface area contributed by atoms with Gasteiger partial charge in [0, 0.05) is 12.5 Å². The van der Waals surface area contributed by atoms with E-state index in [1.807, 2.05) is 0 Å². The summed E-state index contributed by atoms with van der Waals surface area (Å²) in [6.45, 7) is 2.92. The molecule has 0 spiro atoms. The van der Waals surface area contributed by atoms with Gasteiger partial charge in [0.05, 0.1) is 0 Å². The van der Waals surface area contributed by atoms with Crippen LogP contribution in [0.15, 0.2) is 18.2 Å². The molecule has 1 aromatic carbocycles. The number of halogens is 2. The molecule has 1 aromatic rings. The zero-order chi connectivity index (χ0) is 13.4. The number of hydrogen-bond donors (Lipinski definition) is 1. The minimum atomic E-state index is -0.793. The molecule has 0 fully saturated rings. The van der Waals surface area contributed by atoms with E-state index in [-0.39, 0.29) is 6.04 Å². The molecule has 0 radical (unpaired) electrons. The van der Waals surface area contributed by atoms with E-state index < -0.39 is 11.6 Å². The standard InChI is InChI=1S/C15H19F2N/c1-3-5-8-13(18-10-4-2)11-12-7-6-9-14(16)15(12)17/h1,6-7,9,13,18H,4-5,8,10-11H2,2H3. The topological polar surface area (TPSA) is 12.0 Å². The molecule has 3 heteroatoms. The molecule has 0 aliphatic heterocycles. The van der Waals surface area contributed by atoms with E-state index in [1.165, 1.54) is 6.07 Å². The largest absolute Gasteiger partial charge is 0.314 e. The van der Waals surface area contributed by atoms with Crippen molar-refractivity contribution in [3.63, 3.8) is 0 Å². The predicted octanol–water partition coefficient (Wildman–Crippen LogP) is 3.29. The van der Waals surface area contributed by atoms with Crippen molar-refractivity contribution < 1.29 is 8.78 Å². The van der Waals surface area contributed by atoms with E-state index in [0.29, 0.717) is 18.4 Å². The summed E-state index contributed by atoms with van der Waals surface area (Å²) in [5.74, 6) is 1.04.